The monoisotopic (exact) mass is 314 g/mol. The van der Waals surface area contributed by atoms with Gasteiger partial charge in [0.1, 0.15) is 0 Å². The maximum atomic E-state index is 12.3. The van der Waals surface area contributed by atoms with E-state index in [1.54, 1.807) is 11.1 Å². The normalized spacial score (nSPS) is 21.2. The SMILES string of the molecule is C[C@@H]1CN(C(=O)Nc2ccc(Cn3cccn3)cc2)C[C@@H](C)O1. The van der Waals surface area contributed by atoms with Crippen molar-refractivity contribution in [1.29, 1.82) is 0 Å². The number of hydrogen-bond donors (Lipinski definition) is 1. The van der Waals surface area contributed by atoms with E-state index in [0.717, 1.165) is 17.8 Å². The molecule has 2 heterocycles. The van der Waals surface area contributed by atoms with Gasteiger partial charge in [-0.3, -0.25) is 4.68 Å². The van der Waals surface area contributed by atoms with Gasteiger partial charge < -0.3 is 15.0 Å². The van der Waals surface area contributed by atoms with Gasteiger partial charge in [-0.1, -0.05) is 12.1 Å². The highest BCUT2D eigenvalue weighted by molar-refractivity contribution is 5.89. The number of rotatable bonds is 3. The standard InChI is InChI=1S/C17H22N4O2/c1-13-10-20(11-14(2)23-13)17(22)19-16-6-4-15(5-7-16)12-21-9-3-8-18-21/h3-9,13-14H,10-12H2,1-2H3,(H,19,22)/t13-,14-/m1/s1. The molecule has 122 valence electrons. The highest BCUT2D eigenvalue weighted by Crippen LogP contribution is 2.15. The number of urea groups is 1. The van der Waals surface area contributed by atoms with Crippen molar-refractivity contribution in [1.82, 2.24) is 14.7 Å². The molecule has 1 saturated heterocycles. The Morgan fingerprint density at radius 3 is 2.57 bits per heavy atom. The van der Waals surface area contributed by atoms with Crippen LogP contribution in [0, 0.1) is 0 Å². The van der Waals surface area contributed by atoms with Crippen molar-refractivity contribution in [2.45, 2.75) is 32.6 Å². The molecule has 2 atom stereocenters. The zero-order valence-corrected chi connectivity index (χ0v) is 13.5. The molecule has 23 heavy (non-hydrogen) atoms. The molecule has 1 aromatic carbocycles. The lowest BCUT2D eigenvalue weighted by Crippen LogP contribution is -2.49. The van der Waals surface area contributed by atoms with Crippen molar-refractivity contribution in [3.05, 3.63) is 48.3 Å². The second-order valence-electron chi connectivity index (χ2n) is 5.99. The van der Waals surface area contributed by atoms with Crippen molar-refractivity contribution in [2.24, 2.45) is 0 Å². The van der Waals surface area contributed by atoms with Gasteiger partial charge in [-0.15, -0.1) is 0 Å². The summed E-state index contributed by atoms with van der Waals surface area (Å²) in [4.78, 5) is 14.1. The van der Waals surface area contributed by atoms with Crippen molar-refractivity contribution in [3.63, 3.8) is 0 Å². The Hall–Kier alpha value is -2.34. The van der Waals surface area contributed by atoms with Crippen LogP contribution < -0.4 is 5.32 Å². The minimum absolute atomic E-state index is 0.0703. The van der Waals surface area contributed by atoms with E-state index in [-0.39, 0.29) is 18.2 Å². The molecule has 1 aliphatic heterocycles. The first-order valence-electron chi connectivity index (χ1n) is 7.88. The molecule has 0 aliphatic carbocycles. The number of carbonyl (C=O) groups is 1. The fraction of sp³-hybridized carbons (Fsp3) is 0.412. The van der Waals surface area contributed by atoms with Crippen LogP contribution in [0.15, 0.2) is 42.7 Å². The van der Waals surface area contributed by atoms with Crippen LogP contribution in [0.3, 0.4) is 0 Å². The summed E-state index contributed by atoms with van der Waals surface area (Å²) < 4.78 is 7.52. The number of hydrogen-bond acceptors (Lipinski definition) is 3. The van der Waals surface area contributed by atoms with Crippen LogP contribution in [-0.4, -0.2) is 46.0 Å². The van der Waals surface area contributed by atoms with Gasteiger partial charge in [0.2, 0.25) is 0 Å². The van der Waals surface area contributed by atoms with Crippen molar-refractivity contribution in [3.8, 4) is 0 Å². The molecular formula is C17H22N4O2. The van der Waals surface area contributed by atoms with Crippen LogP contribution >= 0.6 is 0 Å². The summed E-state index contributed by atoms with van der Waals surface area (Å²) in [5, 5.41) is 7.13. The number of benzene rings is 1. The first kappa shape index (κ1) is 15.6. The van der Waals surface area contributed by atoms with Gasteiger partial charge in [0.25, 0.3) is 0 Å². The molecule has 6 nitrogen and oxygen atoms in total. The number of nitrogens with one attached hydrogen (secondary N) is 1. The maximum absolute atomic E-state index is 12.3. The van der Waals surface area contributed by atoms with Crippen molar-refractivity contribution in [2.75, 3.05) is 18.4 Å². The molecule has 2 aromatic rings. The molecule has 0 radical (unpaired) electrons. The van der Waals surface area contributed by atoms with E-state index in [9.17, 15) is 4.79 Å². The Bertz CT molecular complexity index is 629. The van der Waals surface area contributed by atoms with Gasteiger partial charge in [-0.2, -0.15) is 5.10 Å². The maximum Gasteiger partial charge on any atom is 0.322 e. The average molecular weight is 314 g/mol. The lowest BCUT2D eigenvalue weighted by Gasteiger charge is -2.35. The third kappa shape index (κ3) is 4.10. The molecule has 0 spiro atoms. The van der Waals surface area contributed by atoms with Gasteiger partial charge in [0.15, 0.2) is 0 Å². The van der Waals surface area contributed by atoms with Crippen LogP contribution in [0.2, 0.25) is 0 Å². The highest BCUT2D eigenvalue weighted by Gasteiger charge is 2.25. The number of nitrogens with zero attached hydrogens (tertiary/aromatic N) is 3. The second-order valence-corrected chi connectivity index (χ2v) is 5.99. The Morgan fingerprint density at radius 2 is 1.96 bits per heavy atom. The van der Waals surface area contributed by atoms with Gasteiger partial charge in [-0.05, 0) is 37.6 Å². The average Bonchev–Trinajstić information content (AvgIpc) is 3.01. The van der Waals surface area contributed by atoms with E-state index in [0.29, 0.717) is 13.1 Å². The lowest BCUT2D eigenvalue weighted by molar-refractivity contribution is -0.0530. The number of carbonyl (C=O) groups excluding carboxylic acids is 1. The number of morpholine rings is 1. The molecule has 1 N–H and O–H groups in total. The summed E-state index contributed by atoms with van der Waals surface area (Å²) in [5.74, 6) is 0. The first-order valence-corrected chi connectivity index (χ1v) is 7.88. The number of ether oxygens (including phenoxy) is 1. The summed E-state index contributed by atoms with van der Waals surface area (Å²) in [7, 11) is 0. The summed E-state index contributed by atoms with van der Waals surface area (Å²) in [6.45, 7) is 5.93. The van der Waals surface area contributed by atoms with E-state index in [1.165, 1.54) is 0 Å². The number of anilines is 1. The minimum atomic E-state index is -0.0770. The van der Waals surface area contributed by atoms with E-state index >= 15 is 0 Å². The van der Waals surface area contributed by atoms with Crippen LogP contribution in [0.5, 0.6) is 0 Å². The molecule has 6 heteroatoms. The predicted octanol–water partition coefficient (Wildman–Crippen LogP) is 2.57. The van der Waals surface area contributed by atoms with Gasteiger partial charge in [-0.25, -0.2) is 4.79 Å². The van der Waals surface area contributed by atoms with Crippen LogP contribution in [0.4, 0.5) is 10.5 Å². The summed E-state index contributed by atoms with van der Waals surface area (Å²) >= 11 is 0. The number of aromatic nitrogens is 2. The Balaban J connectivity index is 1.58. The Kier molecular flexibility index (Phi) is 4.62. The second kappa shape index (κ2) is 6.83. The van der Waals surface area contributed by atoms with Gasteiger partial charge >= 0.3 is 6.03 Å². The molecular weight excluding hydrogens is 292 g/mol. The summed E-state index contributed by atoms with van der Waals surface area (Å²) in [6, 6.07) is 9.67. The highest BCUT2D eigenvalue weighted by atomic mass is 16.5. The third-order valence-corrected chi connectivity index (χ3v) is 3.82. The topological polar surface area (TPSA) is 59.4 Å². The molecule has 1 aromatic heterocycles. The van der Waals surface area contributed by atoms with E-state index in [1.807, 2.05) is 55.1 Å². The van der Waals surface area contributed by atoms with E-state index in [2.05, 4.69) is 10.4 Å². The molecule has 2 amide bonds. The smallest absolute Gasteiger partial charge is 0.322 e. The molecule has 0 saturated carbocycles. The minimum Gasteiger partial charge on any atom is -0.372 e. The predicted molar refractivity (Wildman–Crippen MR) is 88.4 cm³/mol. The fourth-order valence-electron chi connectivity index (χ4n) is 2.82. The number of amides is 2. The molecule has 3 rings (SSSR count). The molecule has 1 aliphatic rings. The molecule has 0 unspecified atom stereocenters. The molecule has 0 bridgehead atoms. The van der Waals surface area contributed by atoms with Crippen LogP contribution in [0.25, 0.3) is 0 Å². The fourth-order valence-corrected chi connectivity index (χ4v) is 2.82. The third-order valence-electron chi connectivity index (χ3n) is 3.82. The summed E-state index contributed by atoms with van der Waals surface area (Å²) in [5.41, 5.74) is 1.94. The van der Waals surface area contributed by atoms with E-state index < -0.39 is 0 Å². The zero-order chi connectivity index (χ0) is 16.2. The zero-order valence-electron chi connectivity index (χ0n) is 13.5. The largest absolute Gasteiger partial charge is 0.372 e. The molecule has 1 fully saturated rings. The van der Waals surface area contributed by atoms with Crippen molar-refractivity contribution >= 4 is 11.7 Å². The van der Waals surface area contributed by atoms with Crippen LogP contribution in [-0.2, 0) is 11.3 Å². The first-order chi connectivity index (χ1) is 11.1. The van der Waals surface area contributed by atoms with Gasteiger partial charge in [0.05, 0.1) is 18.8 Å². The van der Waals surface area contributed by atoms with Crippen molar-refractivity contribution < 1.29 is 9.53 Å². The quantitative estimate of drug-likeness (QED) is 0.947. The Morgan fingerprint density at radius 1 is 1.26 bits per heavy atom. The van der Waals surface area contributed by atoms with E-state index in [4.69, 9.17) is 4.74 Å². The summed E-state index contributed by atoms with van der Waals surface area (Å²) in [6.07, 6.45) is 3.83. The lowest BCUT2D eigenvalue weighted by atomic mass is 10.2. The van der Waals surface area contributed by atoms with Crippen LogP contribution in [0.1, 0.15) is 19.4 Å². The Labute approximate surface area is 136 Å². The van der Waals surface area contributed by atoms with Gasteiger partial charge in [0, 0.05) is 31.2 Å².